The van der Waals surface area contributed by atoms with Gasteiger partial charge in [-0.3, -0.25) is 0 Å². The molecule has 1 aromatic heterocycles. The van der Waals surface area contributed by atoms with Crippen LogP contribution in [0, 0.1) is 6.92 Å². The minimum absolute atomic E-state index is 0.178. The van der Waals surface area contributed by atoms with Crippen molar-refractivity contribution in [3.8, 4) is 11.4 Å². The number of aryl methyl sites for hydroxylation is 1. The second-order valence-corrected chi connectivity index (χ2v) is 5.14. The molecule has 0 unspecified atom stereocenters. The standard InChI is InChI=1S/C13H17N3OS/c1-9-5-3-4-6-10(9)12-15-13(17-16-12)11(14)7-8-18-2/h3-6,11H,7-8,14H2,1-2H3/t11-/m1/s1. The van der Waals surface area contributed by atoms with E-state index in [1.54, 1.807) is 11.8 Å². The van der Waals surface area contributed by atoms with E-state index < -0.39 is 0 Å². The summed E-state index contributed by atoms with van der Waals surface area (Å²) in [6.45, 7) is 2.03. The van der Waals surface area contributed by atoms with Gasteiger partial charge >= 0.3 is 0 Å². The van der Waals surface area contributed by atoms with Crippen molar-refractivity contribution < 1.29 is 4.52 Å². The van der Waals surface area contributed by atoms with Crippen molar-refractivity contribution in [3.63, 3.8) is 0 Å². The molecule has 0 saturated carbocycles. The molecule has 1 aromatic carbocycles. The third-order valence-electron chi connectivity index (χ3n) is 2.78. The molecule has 0 spiro atoms. The van der Waals surface area contributed by atoms with Crippen LogP contribution < -0.4 is 5.73 Å². The van der Waals surface area contributed by atoms with Gasteiger partial charge in [0.05, 0.1) is 6.04 Å². The molecule has 1 heterocycles. The molecule has 0 fully saturated rings. The minimum Gasteiger partial charge on any atom is -0.337 e. The molecule has 96 valence electrons. The summed E-state index contributed by atoms with van der Waals surface area (Å²) in [5, 5.41) is 4.00. The number of aromatic nitrogens is 2. The molecule has 2 N–H and O–H groups in total. The summed E-state index contributed by atoms with van der Waals surface area (Å²) in [7, 11) is 0. The Morgan fingerprint density at radius 2 is 2.17 bits per heavy atom. The summed E-state index contributed by atoms with van der Waals surface area (Å²) in [5.41, 5.74) is 8.12. The average molecular weight is 263 g/mol. The highest BCUT2D eigenvalue weighted by atomic mass is 32.2. The molecule has 18 heavy (non-hydrogen) atoms. The summed E-state index contributed by atoms with van der Waals surface area (Å²) in [5.74, 6) is 2.12. The van der Waals surface area contributed by atoms with Gasteiger partial charge in [0, 0.05) is 5.56 Å². The van der Waals surface area contributed by atoms with E-state index in [9.17, 15) is 0 Å². The summed E-state index contributed by atoms with van der Waals surface area (Å²) >= 11 is 1.76. The van der Waals surface area contributed by atoms with Crippen LogP contribution in [0.5, 0.6) is 0 Å². The van der Waals surface area contributed by atoms with E-state index in [-0.39, 0.29) is 6.04 Å². The van der Waals surface area contributed by atoms with Crippen LogP contribution in [0.25, 0.3) is 11.4 Å². The van der Waals surface area contributed by atoms with Crippen LogP contribution in [0.4, 0.5) is 0 Å². The van der Waals surface area contributed by atoms with Crippen molar-refractivity contribution in [2.45, 2.75) is 19.4 Å². The Bertz CT molecular complexity index is 512. The van der Waals surface area contributed by atoms with E-state index in [0.717, 1.165) is 23.3 Å². The molecule has 4 nitrogen and oxygen atoms in total. The molecule has 0 amide bonds. The monoisotopic (exact) mass is 263 g/mol. The number of hydrogen-bond donors (Lipinski definition) is 1. The van der Waals surface area contributed by atoms with Gasteiger partial charge in [-0.05, 0) is 30.9 Å². The van der Waals surface area contributed by atoms with Gasteiger partial charge in [-0.25, -0.2) is 0 Å². The van der Waals surface area contributed by atoms with Crippen LogP contribution in [-0.2, 0) is 0 Å². The van der Waals surface area contributed by atoms with E-state index in [1.165, 1.54) is 0 Å². The summed E-state index contributed by atoms with van der Waals surface area (Å²) in [4.78, 5) is 4.38. The van der Waals surface area contributed by atoms with Gasteiger partial charge in [0.1, 0.15) is 0 Å². The highest BCUT2D eigenvalue weighted by Gasteiger charge is 2.15. The molecule has 0 radical (unpaired) electrons. The van der Waals surface area contributed by atoms with Gasteiger partial charge in [-0.15, -0.1) is 0 Å². The van der Waals surface area contributed by atoms with E-state index in [2.05, 4.69) is 16.4 Å². The number of benzene rings is 1. The van der Waals surface area contributed by atoms with E-state index in [0.29, 0.717) is 11.7 Å². The fourth-order valence-electron chi connectivity index (χ4n) is 1.69. The number of nitrogens with zero attached hydrogens (tertiary/aromatic N) is 2. The Kier molecular flexibility index (Phi) is 4.38. The molecule has 0 aliphatic carbocycles. The third-order valence-corrected chi connectivity index (χ3v) is 3.42. The van der Waals surface area contributed by atoms with Crippen molar-refractivity contribution in [3.05, 3.63) is 35.7 Å². The van der Waals surface area contributed by atoms with Crippen LogP contribution >= 0.6 is 11.8 Å². The molecule has 0 aliphatic rings. The first-order valence-electron chi connectivity index (χ1n) is 5.86. The van der Waals surface area contributed by atoms with Crippen molar-refractivity contribution >= 4 is 11.8 Å². The Hall–Kier alpha value is -1.33. The van der Waals surface area contributed by atoms with Crippen molar-refractivity contribution in [1.29, 1.82) is 0 Å². The van der Waals surface area contributed by atoms with E-state index >= 15 is 0 Å². The Morgan fingerprint density at radius 1 is 1.39 bits per heavy atom. The van der Waals surface area contributed by atoms with Gasteiger partial charge in [0.25, 0.3) is 0 Å². The quantitative estimate of drug-likeness (QED) is 0.898. The van der Waals surface area contributed by atoms with Crippen LogP contribution in [0.2, 0.25) is 0 Å². The largest absolute Gasteiger partial charge is 0.337 e. The molecule has 0 bridgehead atoms. The molecule has 1 atom stereocenters. The first-order valence-corrected chi connectivity index (χ1v) is 7.26. The van der Waals surface area contributed by atoms with Crippen LogP contribution in [-0.4, -0.2) is 22.1 Å². The number of hydrogen-bond acceptors (Lipinski definition) is 5. The van der Waals surface area contributed by atoms with Gasteiger partial charge in [-0.1, -0.05) is 29.4 Å². The zero-order valence-corrected chi connectivity index (χ0v) is 11.4. The Balaban J connectivity index is 2.18. The predicted molar refractivity (Wildman–Crippen MR) is 74.4 cm³/mol. The van der Waals surface area contributed by atoms with Crippen molar-refractivity contribution in [1.82, 2.24) is 10.1 Å². The molecule has 2 rings (SSSR count). The lowest BCUT2D eigenvalue weighted by Gasteiger charge is -2.03. The fraction of sp³-hybridized carbons (Fsp3) is 0.385. The lowest BCUT2D eigenvalue weighted by Crippen LogP contribution is -2.11. The molecule has 0 saturated heterocycles. The molecule has 0 aliphatic heterocycles. The maximum atomic E-state index is 6.00. The summed E-state index contributed by atoms with van der Waals surface area (Å²) in [6.07, 6.45) is 2.90. The highest BCUT2D eigenvalue weighted by Crippen LogP contribution is 2.22. The first kappa shape index (κ1) is 13.1. The van der Waals surface area contributed by atoms with E-state index in [4.69, 9.17) is 10.3 Å². The fourth-order valence-corrected chi connectivity index (χ4v) is 2.18. The second-order valence-electron chi connectivity index (χ2n) is 4.16. The van der Waals surface area contributed by atoms with Crippen LogP contribution in [0.15, 0.2) is 28.8 Å². The van der Waals surface area contributed by atoms with Crippen molar-refractivity contribution in [2.75, 3.05) is 12.0 Å². The lowest BCUT2D eigenvalue weighted by molar-refractivity contribution is 0.353. The molecular formula is C13H17N3OS. The number of rotatable bonds is 5. The normalized spacial score (nSPS) is 12.6. The van der Waals surface area contributed by atoms with Gasteiger partial charge in [0.2, 0.25) is 11.7 Å². The van der Waals surface area contributed by atoms with Gasteiger partial charge in [-0.2, -0.15) is 16.7 Å². The molecule has 5 heteroatoms. The molecular weight excluding hydrogens is 246 g/mol. The summed E-state index contributed by atoms with van der Waals surface area (Å²) < 4.78 is 5.24. The van der Waals surface area contributed by atoms with Crippen LogP contribution in [0.1, 0.15) is 23.9 Å². The van der Waals surface area contributed by atoms with E-state index in [1.807, 2.05) is 31.2 Å². The minimum atomic E-state index is -0.178. The maximum absolute atomic E-state index is 6.00. The Labute approximate surface area is 111 Å². The number of nitrogens with two attached hydrogens (primary N) is 1. The predicted octanol–water partition coefficient (Wildman–Crippen LogP) is 2.80. The van der Waals surface area contributed by atoms with Crippen LogP contribution in [0.3, 0.4) is 0 Å². The van der Waals surface area contributed by atoms with Crippen molar-refractivity contribution in [2.24, 2.45) is 5.73 Å². The first-order chi connectivity index (χ1) is 8.72. The maximum Gasteiger partial charge on any atom is 0.243 e. The SMILES string of the molecule is CSCC[C@@H](N)c1nc(-c2ccccc2C)no1. The smallest absolute Gasteiger partial charge is 0.243 e. The van der Waals surface area contributed by atoms with Gasteiger partial charge in [0.15, 0.2) is 0 Å². The average Bonchev–Trinajstić information content (AvgIpc) is 2.86. The lowest BCUT2D eigenvalue weighted by atomic mass is 10.1. The highest BCUT2D eigenvalue weighted by molar-refractivity contribution is 7.98. The third kappa shape index (κ3) is 2.91. The number of thioether (sulfide) groups is 1. The molecule has 2 aromatic rings. The summed E-state index contributed by atoms with van der Waals surface area (Å²) in [6, 6.07) is 7.79. The topological polar surface area (TPSA) is 64.9 Å². The second kappa shape index (κ2) is 6.02. The zero-order valence-electron chi connectivity index (χ0n) is 10.6. The van der Waals surface area contributed by atoms with Gasteiger partial charge < -0.3 is 10.3 Å². The Morgan fingerprint density at radius 3 is 2.89 bits per heavy atom. The zero-order chi connectivity index (χ0) is 13.0.